The van der Waals surface area contributed by atoms with Gasteiger partial charge in [0.2, 0.25) is 11.1 Å². The highest BCUT2D eigenvalue weighted by atomic mass is 16.6. The molecule has 0 aliphatic carbocycles. The number of anilines is 1. The lowest BCUT2D eigenvalue weighted by Gasteiger charge is -2.39. The second-order valence-corrected chi connectivity index (χ2v) is 11.9. The molecule has 212 valence electrons. The third-order valence-electron chi connectivity index (χ3n) is 9.54. The molecule has 8 rings (SSSR count). The summed E-state index contributed by atoms with van der Waals surface area (Å²) < 4.78 is 15.2. The smallest absolute Gasteiger partial charge is 0.315 e. The van der Waals surface area contributed by atoms with Gasteiger partial charge in [0.05, 0.1) is 10.5 Å². The third kappa shape index (κ3) is 3.65. The minimum atomic E-state index is -0.563. The van der Waals surface area contributed by atoms with Crippen LogP contribution in [-0.2, 0) is 25.7 Å². The van der Waals surface area contributed by atoms with Crippen molar-refractivity contribution in [1.82, 2.24) is 4.58 Å². The summed E-state index contributed by atoms with van der Waals surface area (Å²) in [4.78, 5) is 14.1. The number of ether oxygens (including phenoxy) is 2. The third-order valence-corrected chi connectivity index (χ3v) is 9.54. The van der Waals surface area contributed by atoms with Gasteiger partial charge in [0.1, 0.15) is 31.2 Å². The molecule has 5 heterocycles. The van der Waals surface area contributed by atoms with E-state index in [1.165, 1.54) is 39.4 Å². The van der Waals surface area contributed by atoms with Crippen LogP contribution in [0.3, 0.4) is 0 Å². The highest BCUT2D eigenvalue weighted by Crippen LogP contribution is 2.49. The molecule has 0 spiro atoms. The Balaban J connectivity index is 1.51. The molecule has 0 aromatic heterocycles. The Labute approximate surface area is 243 Å². The monoisotopic (exact) mass is 562 g/mol. The molecular formula is C34H32N3O5+. The van der Waals surface area contributed by atoms with E-state index in [1.54, 1.807) is 6.07 Å². The Kier molecular flexibility index (Phi) is 5.72. The number of benzene rings is 3. The predicted molar refractivity (Wildman–Crippen MR) is 159 cm³/mol. The highest BCUT2D eigenvalue weighted by molar-refractivity contribution is 5.90. The van der Waals surface area contributed by atoms with Crippen molar-refractivity contribution < 1.29 is 19.5 Å². The summed E-state index contributed by atoms with van der Waals surface area (Å²) >= 11 is 0. The van der Waals surface area contributed by atoms with Crippen molar-refractivity contribution in [1.29, 1.82) is 0 Å². The number of phenols is 1. The van der Waals surface area contributed by atoms with Crippen LogP contribution in [0.2, 0.25) is 0 Å². The van der Waals surface area contributed by atoms with Crippen molar-refractivity contribution in [3.8, 4) is 35.3 Å². The summed E-state index contributed by atoms with van der Waals surface area (Å²) in [6, 6.07) is 7.67. The molecule has 0 unspecified atom stereocenters. The number of phenolic OH excluding ortho intramolecular Hbond substituents is 1. The van der Waals surface area contributed by atoms with Gasteiger partial charge in [0, 0.05) is 65.2 Å². The summed E-state index contributed by atoms with van der Waals surface area (Å²) in [6.45, 7) is 4.11. The minimum absolute atomic E-state index is 0.00944. The van der Waals surface area contributed by atoms with E-state index in [0.29, 0.717) is 5.56 Å². The number of fused-ring (bicyclic) bond motifs is 4. The summed E-state index contributed by atoms with van der Waals surface area (Å²) in [7, 11) is 0. The van der Waals surface area contributed by atoms with Crippen LogP contribution in [0.15, 0.2) is 24.3 Å². The number of terminal acetylenes is 1. The van der Waals surface area contributed by atoms with E-state index in [2.05, 4.69) is 27.5 Å². The summed E-state index contributed by atoms with van der Waals surface area (Å²) in [5.41, 5.74) is 8.47. The van der Waals surface area contributed by atoms with Crippen LogP contribution >= 0.6 is 0 Å². The second-order valence-electron chi connectivity index (χ2n) is 11.9. The fraction of sp³-hybridized carbons (Fsp3) is 0.382. The molecule has 5 aliphatic heterocycles. The number of aryl methyl sites for hydroxylation is 2. The number of aromatic hydroxyl groups is 1. The normalized spacial score (nSPS) is 17.7. The van der Waals surface area contributed by atoms with Crippen LogP contribution in [-0.4, -0.2) is 42.8 Å². The Morgan fingerprint density at radius 3 is 2.57 bits per heavy atom. The number of rotatable bonds is 4. The van der Waals surface area contributed by atoms with Crippen LogP contribution in [0.5, 0.6) is 23.0 Å². The zero-order valence-electron chi connectivity index (χ0n) is 23.5. The lowest BCUT2D eigenvalue weighted by Crippen LogP contribution is -2.45. The zero-order chi connectivity index (χ0) is 28.5. The second kappa shape index (κ2) is 9.52. The van der Waals surface area contributed by atoms with Crippen molar-refractivity contribution in [3.63, 3.8) is 0 Å². The first-order valence-electron chi connectivity index (χ1n) is 15.0. The SMILES string of the molecule is C#CCOc1cc(C2=c3cc4c5c(c3Oc3c2cc2c6c3CCCN6CCC2)CCC[N+]=5CCC4)cc([N+](=O)[O-])c1O. The standard InChI is InChI=1S/C34H31N3O5/c1-2-15-41-28-19-22(18-27(32(28)38)37(39)40)29-25-16-20-7-3-11-35-13-5-9-23(30(20)35)33(25)42-34-24-10-6-14-36-12-4-8-21(31(24)36)17-26(29)34/h1,16-19H,3-15H2/p+1. The molecule has 0 saturated heterocycles. The molecule has 0 fully saturated rings. The fourth-order valence-corrected chi connectivity index (χ4v) is 7.93. The number of nitrogens with zero attached hydrogens (tertiary/aromatic N) is 3. The average molecular weight is 563 g/mol. The summed E-state index contributed by atoms with van der Waals surface area (Å²) in [6.07, 6.45) is 13.6. The molecule has 0 amide bonds. The summed E-state index contributed by atoms with van der Waals surface area (Å²) in [5.74, 6) is 3.64. The van der Waals surface area contributed by atoms with Gasteiger partial charge >= 0.3 is 5.69 Å². The van der Waals surface area contributed by atoms with Gasteiger partial charge in [-0.25, -0.2) is 4.58 Å². The van der Waals surface area contributed by atoms with Gasteiger partial charge in [-0.05, 0) is 67.9 Å². The van der Waals surface area contributed by atoms with E-state index in [-0.39, 0.29) is 12.4 Å². The van der Waals surface area contributed by atoms with E-state index in [1.807, 2.05) is 0 Å². The molecule has 3 aromatic rings. The minimum Gasteiger partial charge on any atom is -0.500 e. The van der Waals surface area contributed by atoms with Gasteiger partial charge in [0.15, 0.2) is 5.75 Å². The molecule has 5 aliphatic rings. The number of hydrogen-bond acceptors (Lipinski definition) is 6. The Morgan fingerprint density at radius 1 is 1.00 bits per heavy atom. The fourth-order valence-electron chi connectivity index (χ4n) is 7.93. The number of nitro groups is 1. The Morgan fingerprint density at radius 2 is 1.76 bits per heavy atom. The molecule has 42 heavy (non-hydrogen) atoms. The maximum atomic E-state index is 12.2. The van der Waals surface area contributed by atoms with E-state index < -0.39 is 16.4 Å². The van der Waals surface area contributed by atoms with E-state index >= 15 is 0 Å². The van der Waals surface area contributed by atoms with Crippen molar-refractivity contribution >= 4 is 16.9 Å². The van der Waals surface area contributed by atoms with Crippen LogP contribution < -0.4 is 29.5 Å². The largest absolute Gasteiger partial charge is 0.500 e. The van der Waals surface area contributed by atoms with Gasteiger partial charge in [-0.2, -0.15) is 0 Å². The van der Waals surface area contributed by atoms with Crippen LogP contribution in [0.4, 0.5) is 11.4 Å². The maximum Gasteiger partial charge on any atom is 0.315 e. The first-order chi connectivity index (χ1) is 20.5. The summed E-state index contributed by atoms with van der Waals surface area (Å²) in [5, 5.41) is 25.2. The predicted octanol–water partition coefficient (Wildman–Crippen LogP) is 3.75. The van der Waals surface area contributed by atoms with E-state index in [0.717, 1.165) is 105 Å². The Hall–Kier alpha value is -4.51. The Bertz CT molecular complexity index is 1880. The molecular weight excluding hydrogens is 530 g/mol. The van der Waals surface area contributed by atoms with Crippen molar-refractivity contribution in [3.05, 3.63) is 78.3 Å². The first kappa shape index (κ1) is 25.2. The zero-order valence-corrected chi connectivity index (χ0v) is 23.5. The molecule has 8 heteroatoms. The first-order valence-corrected chi connectivity index (χ1v) is 15.0. The quantitative estimate of drug-likeness (QED) is 0.177. The van der Waals surface area contributed by atoms with Gasteiger partial charge in [-0.1, -0.05) is 5.92 Å². The van der Waals surface area contributed by atoms with Crippen LogP contribution in [0.1, 0.15) is 59.1 Å². The molecule has 0 bridgehead atoms. The van der Waals surface area contributed by atoms with Crippen molar-refractivity contribution in [2.75, 3.05) is 37.7 Å². The van der Waals surface area contributed by atoms with Gasteiger partial charge in [-0.3, -0.25) is 10.1 Å². The van der Waals surface area contributed by atoms with Gasteiger partial charge < -0.3 is 19.5 Å². The van der Waals surface area contributed by atoms with Crippen molar-refractivity contribution in [2.24, 2.45) is 0 Å². The molecule has 8 nitrogen and oxygen atoms in total. The molecule has 0 saturated carbocycles. The van der Waals surface area contributed by atoms with Crippen LogP contribution in [0.25, 0.3) is 5.57 Å². The average Bonchev–Trinajstić information content (AvgIpc) is 3.00. The van der Waals surface area contributed by atoms with Gasteiger partial charge in [0.25, 0.3) is 0 Å². The lowest BCUT2D eigenvalue weighted by molar-refractivity contribution is -0.386. The number of hydrogen-bond donors (Lipinski definition) is 1. The molecule has 1 N–H and O–H groups in total. The molecule has 3 aromatic carbocycles. The van der Waals surface area contributed by atoms with Gasteiger partial charge in [-0.15, -0.1) is 6.42 Å². The van der Waals surface area contributed by atoms with Crippen molar-refractivity contribution in [2.45, 2.75) is 51.4 Å². The van der Waals surface area contributed by atoms with E-state index in [9.17, 15) is 15.2 Å². The lowest BCUT2D eigenvalue weighted by atomic mass is 9.82. The van der Waals surface area contributed by atoms with E-state index in [4.69, 9.17) is 15.9 Å². The maximum absolute atomic E-state index is 12.2. The van der Waals surface area contributed by atoms with Crippen LogP contribution in [0, 0.1) is 22.5 Å². The molecule has 0 atom stereocenters. The topological polar surface area (TPSA) is 88.1 Å². The highest BCUT2D eigenvalue weighted by Gasteiger charge is 2.36. The molecule has 0 radical (unpaired) electrons. The number of nitro benzene ring substituents is 1.